The Kier molecular flexibility index (Phi) is 3.31. The molecule has 3 N–H and O–H groups in total. The molecular weight excluding hydrogens is 268 g/mol. The van der Waals surface area contributed by atoms with E-state index in [1.807, 2.05) is 30.3 Å². The Morgan fingerprint density at radius 1 is 1.05 bits per heavy atom. The van der Waals surface area contributed by atoms with Crippen LogP contribution in [0.3, 0.4) is 0 Å². The number of urea groups is 1. The maximum absolute atomic E-state index is 12.6. The zero-order valence-electron chi connectivity index (χ0n) is 11.2. The van der Waals surface area contributed by atoms with Gasteiger partial charge in [0.1, 0.15) is 11.8 Å². The molecule has 0 radical (unpaired) electrons. The maximum atomic E-state index is 12.6. The fraction of sp³-hybridized carbons (Fsp3) is 0.125. The SMILES string of the molecule is NC(=O)N[C@H]1C(=O)c2ccccc2O[C@@H]1c1ccccc1. The number of rotatable bonds is 2. The summed E-state index contributed by atoms with van der Waals surface area (Å²) in [6.07, 6.45) is -0.596. The van der Waals surface area contributed by atoms with Crippen LogP contribution in [0.5, 0.6) is 5.75 Å². The molecule has 2 atom stereocenters. The highest BCUT2D eigenvalue weighted by Gasteiger charge is 2.38. The van der Waals surface area contributed by atoms with Gasteiger partial charge in [0.15, 0.2) is 11.9 Å². The molecule has 1 aliphatic heterocycles. The first kappa shape index (κ1) is 13.2. The van der Waals surface area contributed by atoms with Crippen molar-refractivity contribution in [2.24, 2.45) is 5.73 Å². The lowest BCUT2D eigenvalue weighted by molar-refractivity contribution is 0.0748. The quantitative estimate of drug-likeness (QED) is 0.884. The summed E-state index contributed by atoms with van der Waals surface area (Å²) < 4.78 is 5.91. The van der Waals surface area contributed by atoms with Gasteiger partial charge in [0.05, 0.1) is 5.56 Å². The van der Waals surface area contributed by atoms with E-state index in [0.29, 0.717) is 11.3 Å². The van der Waals surface area contributed by atoms with Crippen LogP contribution in [0.15, 0.2) is 54.6 Å². The number of hydrogen-bond acceptors (Lipinski definition) is 3. The van der Waals surface area contributed by atoms with Crippen molar-refractivity contribution in [1.82, 2.24) is 5.32 Å². The van der Waals surface area contributed by atoms with Gasteiger partial charge in [0.25, 0.3) is 0 Å². The number of ether oxygens (including phenoxy) is 1. The van der Waals surface area contributed by atoms with Gasteiger partial charge in [-0.05, 0) is 17.7 Å². The molecule has 2 amide bonds. The molecule has 106 valence electrons. The molecule has 0 saturated carbocycles. The molecule has 0 saturated heterocycles. The van der Waals surface area contributed by atoms with Crippen molar-refractivity contribution < 1.29 is 14.3 Å². The molecule has 5 heteroatoms. The van der Waals surface area contributed by atoms with Crippen LogP contribution in [0, 0.1) is 0 Å². The first-order valence-electron chi connectivity index (χ1n) is 6.57. The highest BCUT2D eigenvalue weighted by Crippen LogP contribution is 2.34. The summed E-state index contributed by atoms with van der Waals surface area (Å²) in [5, 5.41) is 2.49. The summed E-state index contributed by atoms with van der Waals surface area (Å²) >= 11 is 0. The lowest BCUT2D eigenvalue weighted by atomic mass is 9.91. The largest absolute Gasteiger partial charge is 0.482 e. The fourth-order valence-corrected chi connectivity index (χ4v) is 2.48. The Balaban J connectivity index is 2.05. The average Bonchev–Trinajstić information content (AvgIpc) is 2.50. The van der Waals surface area contributed by atoms with Gasteiger partial charge in [0, 0.05) is 0 Å². The van der Waals surface area contributed by atoms with Gasteiger partial charge in [-0.25, -0.2) is 4.79 Å². The highest BCUT2D eigenvalue weighted by molar-refractivity contribution is 6.05. The van der Waals surface area contributed by atoms with Crippen molar-refractivity contribution in [3.63, 3.8) is 0 Å². The van der Waals surface area contributed by atoms with E-state index < -0.39 is 18.2 Å². The van der Waals surface area contributed by atoms with Crippen LogP contribution < -0.4 is 15.8 Å². The van der Waals surface area contributed by atoms with Crippen molar-refractivity contribution in [2.75, 3.05) is 0 Å². The van der Waals surface area contributed by atoms with Gasteiger partial charge in [-0.1, -0.05) is 42.5 Å². The minimum absolute atomic E-state index is 0.204. The van der Waals surface area contributed by atoms with Crippen LogP contribution in [0.1, 0.15) is 22.0 Å². The van der Waals surface area contributed by atoms with E-state index in [-0.39, 0.29) is 5.78 Å². The molecule has 2 aromatic rings. The van der Waals surface area contributed by atoms with E-state index in [0.717, 1.165) is 5.56 Å². The molecule has 0 spiro atoms. The van der Waals surface area contributed by atoms with Gasteiger partial charge in [-0.3, -0.25) is 4.79 Å². The lowest BCUT2D eigenvalue weighted by Gasteiger charge is -2.32. The molecule has 5 nitrogen and oxygen atoms in total. The van der Waals surface area contributed by atoms with Crippen LogP contribution in [-0.2, 0) is 0 Å². The lowest BCUT2D eigenvalue weighted by Crippen LogP contribution is -2.50. The second-order valence-electron chi connectivity index (χ2n) is 4.80. The number of para-hydroxylation sites is 1. The van der Waals surface area contributed by atoms with E-state index in [4.69, 9.17) is 10.5 Å². The molecular formula is C16H14N2O3. The third kappa shape index (κ3) is 2.45. The summed E-state index contributed by atoms with van der Waals surface area (Å²) in [6.45, 7) is 0. The number of fused-ring (bicyclic) bond motifs is 1. The van der Waals surface area contributed by atoms with Crippen molar-refractivity contribution in [1.29, 1.82) is 0 Å². The second-order valence-corrected chi connectivity index (χ2v) is 4.80. The Labute approximate surface area is 121 Å². The molecule has 0 aliphatic carbocycles. The third-order valence-electron chi connectivity index (χ3n) is 3.42. The van der Waals surface area contributed by atoms with Gasteiger partial charge in [-0.2, -0.15) is 0 Å². The number of nitrogens with one attached hydrogen (secondary N) is 1. The topological polar surface area (TPSA) is 81.4 Å². The molecule has 0 unspecified atom stereocenters. The number of hydrogen-bond donors (Lipinski definition) is 2. The zero-order valence-corrected chi connectivity index (χ0v) is 11.2. The fourth-order valence-electron chi connectivity index (χ4n) is 2.48. The van der Waals surface area contributed by atoms with Crippen LogP contribution in [-0.4, -0.2) is 17.9 Å². The minimum atomic E-state index is -0.834. The molecule has 0 bridgehead atoms. The molecule has 3 rings (SSSR count). The van der Waals surface area contributed by atoms with Crippen LogP contribution in [0.2, 0.25) is 0 Å². The number of nitrogens with two attached hydrogens (primary N) is 1. The Bertz CT molecular complexity index is 685. The summed E-state index contributed by atoms with van der Waals surface area (Å²) in [4.78, 5) is 23.8. The summed E-state index contributed by atoms with van der Waals surface area (Å²) in [5.41, 5.74) is 6.44. The summed E-state index contributed by atoms with van der Waals surface area (Å²) in [6, 6.07) is 14.7. The smallest absolute Gasteiger partial charge is 0.312 e. The minimum Gasteiger partial charge on any atom is -0.482 e. The van der Waals surface area contributed by atoms with Crippen LogP contribution >= 0.6 is 0 Å². The summed E-state index contributed by atoms with van der Waals surface area (Å²) in [7, 11) is 0. The van der Waals surface area contributed by atoms with E-state index in [1.165, 1.54) is 0 Å². The molecule has 1 aliphatic rings. The Morgan fingerprint density at radius 2 is 1.71 bits per heavy atom. The van der Waals surface area contributed by atoms with Gasteiger partial charge in [0.2, 0.25) is 0 Å². The number of primary amides is 1. The zero-order chi connectivity index (χ0) is 14.8. The first-order chi connectivity index (χ1) is 10.2. The van der Waals surface area contributed by atoms with Gasteiger partial charge >= 0.3 is 6.03 Å². The number of ketones is 1. The molecule has 0 aromatic heterocycles. The monoisotopic (exact) mass is 282 g/mol. The van der Waals surface area contributed by atoms with Crippen molar-refractivity contribution in [2.45, 2.75) is 12.1 Å². The van der Waals surface area contributed by atoms with E-state index >= 15 is 0 Å². The molecule has 21 heavy (non-hydrogen) atoms. The predicted octanol–water partition coefficient (Wildman–Crippen LogP) is 2.04. The van der Waals surface area contributed by atoms with E-state index in [1.54, 1.807) is 24.3 Å². The maximum Gasteiger partial charge on any atom is 0.312 e. The number of carbonyl (C=O) groups is 2. The van der Waals surface area contributed by atoms with Crippen molar-refractivity contribution in [3.8, 4) is 5.75 Å². The number of Topliss-reactive ketones (excluding diaryl/α,β-unsaturated/α-hetero) is 1. The molecule has 0 fully saturated rings. The number of benzene rings is 2. The van der Waals surface area contributed by atoms with Gasteiger partial charge < -0.3 is 15.8 Å². The Hall–Kier alpha value is -2.82. The molecule has 2 aromatic carbocycles. The average molecular weight is 282 g/mol. The van der Waals surface area contributed by atoms with E-state index in [2.05, 4.69) is 5.32 Å². The summed E-state index contributed by atoms with van der Waals surface area (Å²) in [5.74, 6) is 0.309. The van der Waals surface area contributed by atoms with Crippen LogP contribution in [0.4, 0.5) is 4.79 Å². The van der Waals surface area contributed by atoms with Gasteiger partial charge in [-0.15, -0.1) is 0 Å². The van der Waals surface area contributed by atoms with Crippen molar-refractivity contribution in [3.05, 3.63) is 65.7 Å². The predicted molar refractivity (Wildman–Crippen MR) is 77.1 cm³/mol. The van der Waals surface area contributed by atoms with E-state index in [9.17, 15) is 9.59 Å². The number of carbonyl (C=O) groups excluding carboxylic acids is 2. The molecule has 1 heterocycles. The van der Waals surface area contributed by atoms with Crippen LogP contribution in [0.25, 0.3) is 0 Å². The highest BCUT2D eigenvalue weighted by atomic mass is 16.5. The normalized spacial score (nSPS) is 20.3. The standard InChI is InChI=1S/C16H14N2O3/c17-16(20)18-13-14(19)11-8-4-5-9-12(11)21-15(13)10-6-2-1-3-7-10/h1-9,13,15H,(H3,17,18,20)/t13-,15+/m0/s1. The Morgan fingerprint density at radius 3 is 2.43 bits per heavy atom. The van der Waals surface area contributed by atoms with Crippen molar-refractivity contribution >= 4 is 11.8 Å². The second kappa shape index (κ2) is 5.28. The number of amides is 2. The first-order valence-corrected chi connectivity index (χ1v) is 6.57. The third-order valence-corrected chi connectivity index (χ3v) is 3.42.